The normalized spacial score (nSPS) is 15.4. The van der Waals surface area contributed by atoms with Gasteiger partial charge in [0.1, 0.15) is 11.6 Å². The number of hydrogen-bond acceptors (Lipinski definition) is 5. The molecule has 1 atom stereocenters. The van der Waals surface area contributed by atoms with Gasteiger partial charge in [0, 0.05) is 23.6 Å². The molecular weight excluding hydrogens is 562 g/mol. The van der Waals surface area contributed by atoms with E-state index in [0.29, 0.717) is 26.9 Å². The van der Waals surface area contributed by atoms with Gasteiger partial charge in [0.15, 0.2) is 17.0 Å². The molecule has 6 rings (SSSR count). The minimum atomic E-state index is -4.79. The first kappa shape index (κ1) is 28.1. The Bertz CT molecular complexity index is 1860. The molecule has 7 nitrogen and oxygen atoms in total. The summed E-state index contributed by atoms with van der Waals surface area (Å²) in [6.45, 7) is 4.03. The van der Waals surface area contributed by atoms with Crippen molar-refractivity contribution < 1.29 is 27.5 Å². The summed E-state index contributed by atoms with van der Waals surface area (Å²) in [5.74, 6) is -1.06. The number of aromatic nitrogens is 3. The zero-order valence-electron chi connectivity index (χ0n) is 23.0. The highest BCUT2D eigenvalue weighted by Gasteiger charge is 2.38. The predicted octanol–water partition coefficient (Wildman–Crippen LogP) is 7.37. The lowest BCUT2D eigenvalue weighted by Gasteiger charge is -2.21. The largest absolute Gasteiger partial charge is 0.508 e. The van der Waals surface area contributed by atoms with E-state index in [2.05, 4.69) is 15.2 Å². The van der Waals surface area contributed by atoms with Crippen molar-refractivity contribution in [1.82, 2.24) is 19.6 Å². The van der Waals surface area contributed by atoms with Crippen molar-refractivity contribution in [2.24, 2.45) is 5.10 Å². The summed E-state index contributed by atoms with van der Waals surface area (Å²) in [7, 11) is 0. The number of para-hydroxylation sites is 1. The van der Waals surface area contributed by atoms with Gasteiger partial charge in [0.05, 0.1) is 17.4 Å². The molecule has 5 aromatic rings. The summed E-state index contributed by atoms with van der Waals surface area (Å²) in [5.41, 5.74) is 1.42. The third-order valence-corrected chi connectivity index (χ3v) is 7.40. The summed E-state index contributed by atoms with van der Waals surface area (Å²) in [5, 5.41) is 20.1. The Balaban J connectivity index is 1.44. The van der Waals surface area contributed by atoms with Gasteiger partial charge in [-0.25, -0.2) is 18.9 Å². The van der Waals surface area contributed by atoms with Gasteiger partial charge in [0.2, 0.25) is 0 Å². The number of aromatic hydroxyl groups is 1. The van der Waals surface area contributed by atoms with Gasteiger partial charge in [-0.3, -0.25) is 4.79 Å². The fraction of sp³-hybridized carbons (Fsp3) is 0.188. The van der Waals surface area contributed by atoms with Crippen LogP contribution in [0.4, 0.5) is 17.6 Å². The van der Waals surface area contributed by atoms with Crippen molar-refractivity contribution in [2.75, 3.05) is 0 Å². The summed E-state index contributed by atoms with van der Waals surface area (Å²) in [6, 6.07) is 20.4. The first-order valence-corrected chi connectivity index (χ1v) is 13.5. The van der Waals surface area contributed by atoms with Gasteiger partial charge in [-0.05, 0) is 41.3 Å². The van der Waals surface area contributed by atoms with Gasteiger partial charge in [0.25, 0.3) is 5.91 Å². The number of amides is 1. The number of nitrogens with zero attached hydrogens (tertiary/aromatic N) is 5. The van der Waals surface area contributed by atoms with Crippen LogP contribution in [0, 0.1) is 5.82 Å². The van der Waals surface area contributed by atoms with Crippen molar-refractivity contribution >= 4 is 17.3 Å². The van der Waals surface area contributed by atoms with Crippen LogP contribution in [0.15, 0.2) is 90.0 Å². The molecule has 1 aliphatic heterocycles. The molecule has 0 radical (unpaired) electrons. The van der Waals surface area contributed by atoms with Crippen molar-refractivity contribution in [1.29, 1.82) is 0 Å². The van der Waals surface area contributed by atoms with Crippen molar-refractivity contribution in [3.8, 4) is 17.0 Å². The molecule has 3 aromatic carbocycles. The third kappa shape index (κ3) is 5.33. The zero-order valence-corrected chi connectivity index (χ0v) is 23.0. The molecule has 1 N–H and O–H groups in total. The van der Waals surface area contributed by atoms with Crippen LogP contribution >= 0.6 is 0 Å². The highest BCUT2D eigenvalue weighted by Crippen LogP contribution is 2.38. The second kappa shape index (κ2) is 10.6. The summed E-state index contributed by atoms with van der Waals surface area (Å²) in [4.78, 5) is 18.3. The van der Waals surface area contributed by atoms with Crippen molar-refractivity contribution in [3.63, 3.8) is 0 Å². The fourth-order valence-corrected chi connectivity index (χ4v) is 5.11. The maximum atomic E-state index is 14.2. The minimum absolute atomic E-state index is 0.0787. The van der Waals surface area contributed by atoms with Crippen LogP contribution in [-0.2, 0) is 6.18 Å². The highest BCUT2D eigenvalue weighted by molar-refractivity contribution is 6.05. The van der Waals surface area contributed by atoms with E-state index >= 15 is 0 Å². The smallest absolute Gasteiger partial charge is 0.433 e. The van der Waals surface area contributed by atoms with Gasteiger partial charge >= 0.3 is 6.18 Å². The predicted molar refractivity (Wildman–Crippen MR) is 152 cm³/mol. The molecule has 43 heavy (non-hydrogen) atoms. The van der Waals surface area contributed by atoms with E-state index in [-0.39, 0.29) is 35.1 Å². The summed E-state index contributed by atoms with van der Waals surface area (Å²) < 4.78 is 56.9. The van der Waals surface area contributed by atoms with E-state index < -0.39 is 29.6 Å². The number of alkyl halides is 3. The molecule has 0 saturated heterocycles. The minimum Gasteiger partial charge on any atom is -0.508 e. The highest BCUT2D eigenvalue weighted by atomic mass is 19.4. The zero-order chi connectivity index (χ0) is 30.5. The number of halogens is 4. The summed E-state index contributed by atoms with van der Waals surface area (Å²) >= 11 is 0. The topological polar surface area (TPSA) is 83.1 Å². The molecular formula is C32H25F4N5O2. The second-order valence-corrected chi connectivity index (χ2v) is 10.6. The number of fused-ring (bicyclic) bond motifs is 1. The number of phenolic OH excluding ortho intramolecular Hbond substituents is 1. The van der Waals surface area contributed by atoms with E-state index in [1.807, 2.05) is 26.0 Å². The van der Waals surface area contributed by atoms with Gasteiger partial charge < -0.3 is 5.11 Å². The Labute approximate surface area is 243 Å². The van der Waals surface area contributed by atoms with E-state index in [9.17, 15) is 27.5 Å². The molecule has 2 aromatic heterocycles. The molecule has 3 heterocycles. The number of carbonyl (C=O) groups excluding carboxylic acids is 1. The molecule has 1 aliphatic rings. The number of rotatable bonds is 5. The lowest BCUT2D eigenvalue weighted by Crippen LogP contribution is -2.27. The van der Waals surface area contributed by atoms with Crippen LogP contribution in [0.1, 0.15) is 65.1 Å². The standard InChI is InChI=1S/C32H25F4N5O2/c1-18(2)19-7-9-20(10-8-19)24-16-29(32(34,35)36)41-30(37-24)17-26(39-41)31(43)40-27(23-5-3-4-6-28(23)42)15-25(38-40)21-11-13-22(33)14-12-21/h3-14,16-18,27,42H,15H2,1-2H3/t27-/m1/s1. The Kier molecular flexibility index (Phi) is 6.95. The van der Waals surface area contributed by atoms with Crippen LogP contribution < -0.4 is 0 Å². The monoisotopic (exact) mass is 587 g/mol. The number of hydrogen-bond donors (Lipinski definition) is 1. The van der Waals surface area contributed by atoms with E-state index in [4.69, 9.17) is 0 Å². The molecule has 0 bridgehead atoms. The van der Waals surface area contributed by atoms with Crippen LogP contribution in [-0.4, -0.2) is 36.3 Å². The van der Waals surface area contributed by atoms with Crippen LogP contribution in [0.3, 0.4) is 0 Å². The van der Waals surface area contributed by atoms with E-state index in [1.165, 1.54) is 36.4 Å². The average Bonchev–Trinajstić information content (AvgIpc) is 3.61. The van der Waals surface area contributed by atoms with Gasteiger partial charge in [-0.2, -0.15) is 23.4 Å². The lowest BCUT2D eigenvalue weighted by molar-refractivity contribution is -0.142. The van der Waals surface area contributed by atoms with Crippen LogP contribution in [0.2, 0.25) is 0 Å². The average molecular weight is 588 g/mol. The third-order valence-electron chi connectivity index (χ3n) is 7.40. The first-order chi connectivity index (χ1) is 20.5. The van der Waals surface area contributed by atoms with Crippen molar-refractivity contribution in [3.05, 3.63) is 119 Å². The van der Waals surface area contributed by atoms with Crippen molar-refractivity contribution in [2.45, 2.75) is 38.4 Å². The van der Waals surface area contributed by atoms with E-state index in [0.717, 1.165) is 16.6 Å². The number of phenols is 1. The molecule has 0 spiro atoms. The maximum Gasteiger partial charge on any atom is 0.433 e. The molecule has 0 fully saturated rings. The Morgan fingerprint density at radius 2 is 1.63 bits per heavy atom. The Morgan fingerprint density at radius 1 is 0.953 bits per heavy atom. The van der Waals surface area contributed by atoms with Gasteiger partial charge in [-0.1, -0.05) is 68.4 Å². The van der Waals surface area contributed by atoms with Gasteiger partial charge in [-0.15, -0.1) is 0 Å². The molecule has 0 saturated carbocycles. The first-order valence-electron chi connectivity index (χ1n) is 13.5. The lowest BCUT2D eigenvalue weighted by atomic mass is 9.97. The number of benzene rings is 3. The van der Waals surface area contributed by atoms with Crippen LogP contribution in [0.5, 0.6) is 5.75 Å². The Hall–Kier alpha value is -5.06. The second-order valence-electron chi connectivity index (χ2n) is 10.6. The Morgan fingerprint density at radius 3 is 2.28 bits per heavy atom. The maximum absolute atomic E-state index is 14.2. The number of carbonyl (C=O) groups is 1. The molecule has 1 amide bonds. The summed E-state index contributed by atoms with van der Waals surface area (Å²) in [6.07, 6.45) is -4.62. The molecule has 218 valence electrons. The molecule has 0 unspecified atom stereocenters. The van der Waals surface area contributed by atoms with E-state index in [1.54, 1.807) is 30.3 Å². The molecule has 0 aliphatic carbocycles. The quantitative estimate of drug-likeness (QED) is 0.218. The fourth-order valence-electron chi connectivity index (χ4n) is 5.11. The SMILES string of the molecule is CC(C)c1ccc(-c2cc(C(F)(F)F)n3nc(C(=O)N4N=C(c5ccc(F)cc5)C[C@@H]4c4ccccc4O)cc3n2)cc1. The molecule has 11 heteroatoms. The van der Waals surface area contributed by atoms with Crippen LogP contribution in [0.25, 0.3) is 16.9 Å². The number of hydrazone groups is 1.